The molecule has 0 aliphatic carbocycles. The van der Waals surface area contributed by atoms with Gasteiger partial charge in [0, 0.05) is 5.02 Å². The standard InChI is InChI=1S/C14H13ClO.C2H6/c1-11-2-8-14(9-3-11)16-10-12-4-6-13(15)7-5-12;1-2/h2-9H,10H2,1H3;1-2H3. The molecule has 0 fully saturated rings. The van der Waals surface area contributed by atoms with Crippen LogP contribution in [0.4, 0.5) is 0 Å². The molecule has 0 bridgehead atoms. The lowest BCUT2D eigenvalue weighted by Gasteiger charge is -2.06. The Hall–Kier alpha value is -1.47. The van der Waals surface area contributed by atoms with Crippen LogP contribution < -0.4 is 4.74 Å². The zero-order valence-corrected chi connectivity index (χ0v) is 11.9. The molecular formula is C16H19ClO. The van der Waals surface area contributed by atoms with Crippen LogP contribution in [0.15, 0.2) is 48.5 Å². The second-order valence-corrected chi connectivity index (χ2v) is 4.16. The molecule has 18 heavy (non-hydrogen) atoms. The normalized spacial score (nSPS) is 9.33. The van der Waals surface area contributed by atoms with Crippen LogP contribution in [0.2, 0.25) is 5.02 Å². The Labute approximate surface area is 114 Å². The van der Waals surface area contributed by atoms with Crippen molar-refractivity contribution in [2.24, 2.45) is 0 Å². The predicted octanol–water partition coefficient (Wildman–Crippen LogP) is 5.25. The molecular weight excluding hydrogens is 244 g/mol. The van der Waals surface area contributed by atoms with Crippen molar-refractivity contribution in [3.63, 3.8) is 0 Å². The van der Waals surface area contributed by atoms with Crippen LogP contribution in [0.3, 0.4) is 0 Å². The SMILES string of the molecule is CC.Cc1ccc(OCc2ccc(Cl)cc2)cc1. The molecule has 0 atom stereocenters. The minimum Gasteiger partial charge on any atom is -0.489 e. The minimum atomic E-state index is 0.570. The molecule has 0 saturated carbocycles. The van der Waals surface area contributed by atoms with Gasteiger partial charge in [0.1, 0.15) is 12.4 Å². The number of rotatable bonds is 3. The van der Waals surface area contributed by atoms with Crippen molar-refractivity contribution >= 4 is 11.6 Å². The maximum Gasteiger partial charge on any atom is 0.119 e. The first-order chi connectivity index (χ1) is 8.74. The van der Waals surface area contributed by atoms with E-state index < -0.39 is 0 Å². The highest BCUT2D eigenvalue weighted by atomic mass is 35.5. The van der Waals surface area contributed by atoms with Crippen LogP contribution in [0.5, 0.6) is 5.75 Å². The minimum absolute atomic E-state index is 0.570. The van der Waals surface area contributed by atoms with Gasteiger partial charge < -0.3 is 4.74 Å². The van der Waals surface area contributed by atoms with Gasteiger partial charge in [-0.15, -0.1) is 0 Å². The topological polar surface area (TPSA) is 9.23 Å². The number of hydrogen-bond donors (Lipinski definition) is 0. The van der Waals surface area contributed by atoms with Crippen molar-refractivity contribution in [2.75, 3.05) is 0 Å². The van der Waals surface area contributed by atoms with Gasteiger partial charge in [0.2, 0.25) is 0 Å². The number of aryl methyl sites for hydroxylation is 1. The Bertz CT molecular complexity index is 400. The van der Waals surface area contributed by atoms with Gasteiger partial charge in [-0.25, -0.2) is 0 Å². The van der Waals surface area contributed by atoms with Crippen LogP contribution in [-0.4, -0.2) is 0 Å². The van der Waals surface area contributed by atoms with Gasteiger partial charge in [-0.1, -0.05) is 55.3 Å². The molecule has 0 aliphatic rings. The average molecular weight is 263 g/mol. The van der Waals surface area contributed by atoms with Gasteiger partial charge in [-0.3, -0.25) is 0 Å². The first-order valence-corrected chi connectivity index (χ1v) is 6.56. The van der Waals surface area contributed by atoms with Gasteiger partial charge in [0.15, 0.2) is 0 Å². The van der Waals surface area contributed by atoms with E-state index in [2.05, 4.69) is 6.92 Å². The van der Waals surface area contributed by atoms with Crippen molar-refractivity contribution in [1.29, 1.82) is 0 Å². The third-order valence-corrected chi connectivity index (χ3v) is 2.59. The summed E-state index contributed by atoms with van der Waals surface area (Å²) in [6.45, 7) is 6.63. The lowest BCUT2D eigenvalue weighted by molar-refractivity contribution is 0.306. The first kappa shape index (κ1) is 14.6. The van der Waals surface area contributed by atoms with Crippen molar-refractivity contribution in [2.45, 2.75) is 27.4 Å². The van der Waals surface area contributed by atoms with Gasteiger partial charge in [-0.05, 0) is 36.8 Å². The van der Waals surface area contributed by atoms with Gasteiger partial charge >= 0.3 is 0 Å². The Kier molecular flexibility index (Phi) is 6.31. The Balaban J connectivity index is 0.000000771. The van der Waals surface area contributed by atoms with E-state index in [0.717, 1.165) is 16.3 Å². The molecule has 0 unspecified atom stereocenters. The number of hydrogen-bond acceptors (Lipinski definition) is 1. The largest absolute Gasteiger partial charge is 0.489 e. The number of benzene rings is 2. The first-order valence-electron chi connectivity index (χ1n) is 6.18. The molecule has 1 nitrogen and oxygen atoms in total. The van der Waals surface area contributed by atoms with Crippen LogP contribution >= 0.6 is 11.6 Å². The average Bonchev–Trinajstić information content (AvgIpc) is 2.42. The molecule has 0 radical (unpaired) electrons. The molecule has 0 N–H and O–H groups in total. The molecule has 2 heteroatoms. The van der Waals surface area contributed by atoms with E-state index in [1.54, 1.807) is 0 Å². The molecule has 2 rings (SSSR count). The summed E-state index contributed by atoms with van der Waals surface area (Å²) in [6.07, 6.45) is 0. The van der Waals surface area contributed by atoms with E-state index in [0.29, 0.717) is 6.61 Å². The van der Waals surface area contributed by atoms with Crippen LogP contribution in [0.1, 0.15) is 25.0 Å². The molecule has 0 spiro atoms. The van der Waals surface area contributed by atoms with Crippen molar-refractivity contribution in [1.82, 2.24) is 0 Å². The third kappa shape index (κ3) is 4.80. The fourth-order valence-corrected chi connectivity index (χ4v) is 1.51. The Morgan fingerprint density at radius 3 is 2.00 bits per heavy atom. The fraction of sp³-hybridized carbons (Fsp3) is 0.250. The third-order valence-electron chi connectivity index (χ3n) is 2.34. The van der Waals surface area contributed by atoms with Crippen molar-refractivity contribution < 1.29 is 4.74 Å². The van der Waals surface area contributed by atoms with Gasteiger partial charge in [0.25, 0.3) is 0 Å². The van der Waals surface area contributed by atoms with Crippen LogP contribution in [0, 0.1) is 6.92 Å². The maximum absolute atomic E-state index is 5.81. The van der Waals surface area contributed by atoms with E-state index in [1.807, 2.05) is 62.4 Å². The predicted molar refractivity (Wildman–Crippen MR) is 78.3 cm³/mol. The zero-order chi connectivity index (χ0) is 13.4. The molecule has 2 aromatic rings. The summed E-state index contributed by atoms with van der Waals surface area (Å²) in [7, 11) is 0. The molecule has 96 valence electrons. The van der Waals surface area contributed by atoms with E-state index >= 15 is 0 Å². The summed E-state index contributed by atoms with van der Waals surface area (Å²) < 4.78 is 5.64. The Morgan fingerprint density at radius 2 is 1.44 bits per heavy atom. The second-order valence-electron chi connectivity index (χ2n) is 3.73. The molecule has 0 saturated heterocycles. The summed E-state index contributed by atoms with van der Waals surface area (Å²) in [5.74, 6) is 0.889. The summed E-state index contributed by atoms with van der Waals surface area (Å²) in [6, 6.07) is 15.7. The molecule has 0 amide bonds. The molecule has 0 aliphatic heterocycles. The van der Waals surface area contributed by atoms with E-state index in [4.69, 9.17) is 16.3 Å². The second kappa shape index (κ2) is 7.78. The summed E-state index contributed by atoms with van der Waals surface area (Å²) >= 11 is 5.81. The zero-order valence-electron chi connectivity index (χ0n) is 11.1. The number of ether oxygens (including phenoxy) is 1. The Morgan fingerprint density at radius 1 is 0.889 bits per heavy atom. The monoisotopic (exact) mass is 262 g/mol. The van der Waals surface area contributed by atoms with E-state index in [9.17, 15) is 0 Å². The summed E-state index contributed by atoms with van der Waals surface area (Å²) in [5.41, 5.74) is 2.35. The fourth-order valence-electron chi connectivity index (χ4n) is 1.38. The molecule has 2 aromatic carbocycles. The highest BCUT2D eigenvalue weighted by Gasteiger charge is 1.95. The lowest BCUT2D eigenvalue weighted by Crippen LogP contribution is -1.94. The lowest BCUT2D eigenvalue weighted by atomic mass is 10.2. The van der Waals surface area contributed by atoms with Crippen LogP contribution in [-0.2, 0) is 6.61 Å². The van der Waals surface area contributed by atoms with E-state index in [-0.39, 0.29) is 0 Å². The highest BCUT2D eigenvalue weighted by molar-refractivity contribution is 6.30. The smallest absolute Gasteiger partial charge is 0.119 e. The van der Waals surface area contributed by atoms with Crippen molar-refractivity contribution in [3.8, 4) is 5.75 Å². The van der Waals surface area contributed by atoms with Crippen LogP contribution in [0.25, 0.3) is 0 Å². The van der Waals surface area contributed by atoms with Gasteiger partial charge in [-0.2, -0.15) is 0 Å². The van der Waals surface area contributed by atoms with Crippen molar-refractivity contribution in [3.05, 3.63) is 64.7 Å². The quantitative estimate of drug-likeness (QED) is 0.734. The molecule has 0 heterocycles. The van der Waals surface area contributed by atoms with E-state index in [1.165, 1.54) is 5.56 Å². The summed E-state index contributed by atoms with van der Waals surface area (Å²) in [5, 5.41) is 0.749. The van der Waals surface area contributed by atoms with Gasteiger partial charge in [0.05, 0.1) is 0 Å². The summed E-state index contributed by atoms with van der Waals surface area (Å²) in [4.78, 5) is 0. The maximum atomic E-state index is 5.81. The highest BCUT2D eigenvalue weighted by Crippen LogP contribution is 2.15. The molecule has 0 aromatic heterocycles. The number of halogens is 1.